The molecule has 1 aliphatic rings. The summed E-state index contributed by atoms with van der Waals surface area (Å²) in [7, 11) is -1.94. The van der Waals surface area contributed by atoms with Crippen LogP contribution in [0.2, 0.25) is 18.1 Å². The van der Waals surface area contributed by atoms with E-state index in [-0.39, 0.29) is 29.9 Å². The van der Waals surface area contributed by atoms with Crippen LogP contribution in [0, 0.1) is 0 Å². The van der Waals surface area contributed by atoms with E-state index in [1.807, 2.05) is 4.57 Å². The molecule has 8 heteroatoms. The number of nitrogens with zero attached hydrogens (tertiary/aromatic N) is 3. The quantitative estimate of drug-likeness (QED) is 0.371. The molecule has 0 saturated carbocycles. The molecule has 156 valence electrons. The highest BCUT2D eigenvalue weighted by Gasteiger charge is 2.43. The number of hydrogen-bond donors (Lipinski definition) is 0. The lowest BCUT2D eigenvalue weighted by Crippen LogP contribution is -2.44. The van der Waals surface area contributed by atoms with Gasteiger partial charge in [-0.1, -0.05) is 33.4 Å². The van der Waals surface area contributed by atoms with Crippen molar-refractivity contribution in [1.29, 1.82) is 0 Å². The molecule has 2 heterocycles. The van der Waals surface area contributed by atoms with E-state index in [1.54, 1.807) is 23.5 Å². The molecule has 28 heavy (non-hydrogen) atoms. The Kier molecular flexibility index (Phi) is 7.22. The van der Waals surface area contributed by atoms with E-state index < -0.39 is 8.32 Å². The Bertz CT molecular complexity index is 696. The first-order chi connectivity index (χ1) is 13.1. The van der Waals surface area contributed by atoms with E-state index in [9.17, 15) is 9.59 Å². The Hall–Kier alpha value is -1.93. The highest BCUT2D eigenvalue weighted by Crippen LogP contribution is 2.39. The first-order valence-corrected chi connectivity index (χ1v) is 12.7. The van der Waals surface area contributed by atoms with Crippen LogP contribution in [0.4, 0.5) is 4.79 Å². The third kappa shape index (κ3) is 5.32. The SMILES string of the molecule is C=CCOC(=O)N1CC(O[Si](C)(C)C(C)(C)C)CC1CCn1cncc1C=O. The number of aryl methyl sites for hydroxylation is 1. The normalized spacial score (nSPS) is 20.2. The van der Waals surface area contributed by atoms with Crippen LogP contribution in [0.5, 0.6) is 0 Å². The minimum Gasteiger partial charge on any atom is -0.445 e. The van der Waals surface area contributed by atoms with Gasteiger partial charge in [-0.25, -0.2) is 9.78 Å². The average Bonchev–Trinajstić information content (AvgIpc) is 3.22. The van der Waals surface area contributed by atoms with Crippen LogP contribution >= 0.6 is 0 Å². The van der Waals surface area contributed by atoms with Gasteiger partial charge in [-0.05, 0) is 31.0 Å². The van der Waals surface area contributed by atoms with E-state index in [0.29, 0.717) is 25.2 Å². The number of hydrogen-bond acceptors (Lipinski definition) is 5. The molecule has 1 saturated heterocycles. The third-order valence-corrected chi connectivity index (χ3v) is 10.3. The van der Waals surface area contributed by atoms with Gasteiger partial charge in [-0.2, -0.15) is 0 Å². The zero-order chi connectivity index (χ0) is 20.9. The third-order valence-electron chi connectivity index (χ3n) is 5.77. The molecule has 2 rings (SSSR count). The van der Waals surface area contributed by atoms with E-state index >= 15 is 0 Å². The molecule has 0 aromatic carbocycles. The molecule has 7 nitrogen and oxygen atoms in total. The molecule has 1 fully saturated rings. The zero-order valence-electron chi connectivity index (χ0n) is 17.7. The standard InChI is InChI=1S/C20H33N3O4Si/c1-7-10-26-19(25)23-13-18(27-28(5,6)20(2,3)4)11-16(23)8-9-22-15-21-12-17(22)14-24/h7,12,14-16,18H,1,8-11,13H2,2-6H3. The van der Waals surface area contributed by atoms with Gasteiger partial charge in [0, 0.05) is 19.1 Å². The van der Waals surface area contributed by atoms with E-state index in [4.69, 9.17) is 9.16 Å². The summed E-state index contributed by atoms with van der Waals surface area (Å²) in [6, 6.07) is -0.00557. The van der Waals surface area contributed by atoms with Crippen molar-refractivity contribution in [3.63, 3.8) is 0 Å². The van der Waals surface area contributed by atoms with Gasteiger partial charge in [0.05, 0.1) is 18.6 Å². The van der Waals surface area contributed by atoms with Gasteiger partial charge in [0.2, 0.25) is 0 Å². The fourth-order valence-electron chi connectivity index (χ4n) is 3.17. The maximum absolute atomic E-state index is 12.5. The van der Waals surface area contributed by atoms with E-state index in [2.05, 4.69) is 45.4 Å². The summed E-state index contributed by atoms with van der Waals surface area (Å²) in [5.41, 5.74) is 0.535. The van der Waals surface area contributed by atoms with Gasteiger partial charge in [-0.15, -0.1) is 0 Å². The van der Waals surface area contributed by atoms with Crippen molar-refractivity contribution in [1.82, 2.24) is 14.5 Å². The molecule has 0 aliphatic carbocycles. The predicted molar refractivity (Wildman–Crippen MR) is 111 cm³/mol. The highest BCUT2D eigenvalue weighted by molar-refractivity contribution is 6.74. The number of rotatable bonds is 8. The molecule has 2 atom stereocenters. The summed E-state index contributed by atoms with van der Waals surface area (Å²) in [5.74, 6) is 0. The molecule has 0 N–H and O–H groups in total. The van der Waals surface area contributed by atoms with Crippen molar-refractivity contribution in [3.05, 3.63) is 30.9 Å². The van der Waals surface area contributed by atoms with E-state index in [0.717, 1.165) is 12.7 Å². The van der Waals surface area contributed by atoms with Crippen molar-refractivity contribution in [2.75, 3.05) is 13.2 Å². The fraction of sp³-hybridized carbons (Fsp3) is 0.650. The maximum atomic E-state index is 12.5. The zero-order valence-corrected chi connectivity index (χ0v) is 18.7. The summed E-state index contributed by atoms with van der Waals surface area (Å²) in [4.78, 5) is 29.4. The molecule has 0 bridgehead atoms. The monoisotopic (exact) mass is 407 g/mol. The van der Waals surface area contributed by atoms with Gasteiger partial charge in [-0.3, -0.25) is 4.79 Å². The summed E-state index contributed by atoms with van der Waals surface area (Å²) in [6.07, 6.45) is 6.67. The Morgan fingerprint density at radius 2 is 2.14 bits per heavy atom. The number of aldehydes is 1. The average molecular weight is 408 g/mol. The Labute approximate surface area is 168 Å². The molecule has 1 aromatic rings. The summed E-state index contributed by atoms with van der Waals surface area (Å²) in [5, 5.41) is 0.106. The van der Waals surface area contributed by atoms with Crippen LogP contribution < -0.4 is 0 Å². The smallest absolute Gasteiger partial charge is 0.410 e. The molecular formula is C20H33N3O4Si. The number of imidazole rings is 1. The first-order valence-electron chi connectivity index (χ1n) is 9.76. The lowest BCUT2D eigenvalue weighted by Gasteiger charge is -2.38. The lowest BCUT2D eigenvalue weighted by atomic mass is 10.1. The lowest BCUT2D eigenvalue weighted by molar-refractivity contribution is 0.101. The summed E-state index contributed by atoms with van der Waals surface area (Å²) in [6.45, 7) is 16.0. The van der Waals surface area contributed by atoms with Gasteiger partial charge in [0.25, 0.3) is 0 Å². The largest absolute Gasteiger partial charge is 0.445 e. The number of aromatic nitrogens is 2. The van der Waals surface area contributed by atoms with Crippen LogP contribution in [-0.4, -0.2) is 60.4 Å². The number of ether oxygens (including phenoxy) is 1. The Morgan fingerprint density at radius 3 is 2.75 bits per heavy atom. The van der Waals surface area contributed by atoms with E-state index in [1.165, 1.54) is 0 Å². The second kappa shape index (κ2) is 9.04. The molecule has 0 radical (unpaired) electrons. The predicted octanol–water partition coefficient (Wildman–Crippen LogP) is 3.87. The molecule has 1 amide bonds. The van der Waals surface area contributed by atoms with Gasteiger partial charge < -0.3 is 18.6 Å². The highest BCUT2D eigenvalue weighted by atomic mass is 28.4. The minimum atomic E-state index is -1.94. The van der Waals surface area contributed by atoms with Gasteiger partial charge in [0.1, 0.15) is 12.3 Å². The van der Waals surface area contributed by atoms with Gasteiger partial charge >= 0.3 is 6.09 Å². The summed E-state index contributed by atoms with van der Waals surface area (Å²) >= 11 is 0. The number of amides is 1. The summed E-state index contributed by atoms with van der Waals surface area (Å²) < 4.78 is 13.6. The Morgan fingerprint density at radius 1 is 1.43 bits per heavy atom. The number of likely N-dealkylation sites (tertiary alicyclic amines) is 1. The second-order valence-electron chi connectivity index (χ2n) is 8.83. The van der Waals surface area contributed by atoms with Crippen molar-refractivity contribution in [3.8, 4) is 0 Å². The first kappa shape index (κ1) is 22.4. The van der Waals surface area contributed by atoms with Crippen molar-refractivity contribution < 1.29 is 18.8 Å². The van der Waals surface area contributed by atoms with Crippen LogP contribution in [0.3, 0.4) is 0 Å². The van der Waals surface area contributed by atoms with Crippen molar-refractivity contribution in [2.24, 2.45) is 0 Å². The molecule has 2 unspecified atom stereocenters. The molecular weight excluding hydrogens is 374 g/mol. The van der Waals surface area contributed by atoms with Crippen LogP contribution in [0.25, 0.3) is 0 Å². The fourth-order valence-corrected chi connectivity index (χ4v) is 4.52. The Balaban J connectivity index is 2.09. The minimum absolute atomic E-state index is 0.00417. The van der Waals surface area contributed by atoms with Crippen LogP contribution in [-0.2, 0) is 15.7 Å². The van der Waals surface area contributed by atoms with Crippen molar-refractivity contribution in [2.45, 2.75) is 70.4 Å². The van der Waals surface area contributed by atoms with Crippen LogP contribution in [0.1, 0.15) is 44.1 Å². The molecule has 1 aromatic heterocycles. The van der Waals surface area contributed by atoms with Crippen molar-refractivity contribution >= 4 is 20.7 Å². The number of carbonyl (C=O) groups excluding carboxylic acids is 2. The van der Waals surface area contributed by atoms with Gasteiger partial charge in [0.15, 0.2) is 14.6 Å². The molecule has 0 spiro atoms. The maximum Gasteiger partial charge on any atom is 0.410 e. The topological polar surface area (TPSA) is 73.7 Å². The molecule has 1 aliphatic heterocycles. The number of carbonyl (C=O) groups is 2. The second-order valence-corrected chi connectivity index (χ2v) is 13.6. The van der Waals surface area contributed by atoms with Crippen LogP contribution in [0.15, 0.2) is 25.2 Å².